The predicted molar refractivity (Wildman–Crippen MR) is 88.2 cm³/mol. The summed E-state index contributed by atoms with van der Waals surface area (Å²) in [5.41, 5.74) is 0.366. The van der Waals surface area contributed by atoms with Gasteiger partial charge >= 0.3 is 0 Å². The first-order valence-corrected chi connectivity index (χ1v) is 7.49. The zero-order chi connectivity index (χ0) is 17.4. The van der Waals surface area contributed by atoms with Gasteiger partial charge in [-0.3, -0.25) is 4.79 Å². The molecule has 0 radical (unpaired) electrons. The molecule has 0 atom stereocenters. The van der Waals surface area contributed by atoms with Gasteiger partial charge in [-0.15, -0.1) is 0 Å². The van der Waals surface area contributed by atoms with E-state index >= 15 is 0 Å². The summed E-state index contributed by atoms with van der Waals surface area (Å²) in [5.74, 6) is 0.947. The summed E-state index contributed by atoms with van der Waals surface area (Å²) >= 11 is 0. The van der Waals surface area contributed by atoms with Crippen molar-refractivity contribution in [2.24, 2.45) is 0 Å². The summed E-state index contributed by atoms with van der Waals surface area (Å²) in [6.45, 7) is 0.556. The van der Waals surface area contributed by atoms with Gasteiger partial charge < -0.3 is 19.5 Å². The molecular weight excluding hydrogens is 313 g/mol. The van der Waals surface area contributed by atoms with E-state index in [1.807, 2.05) is 0 Å². The van der Waals surface area contributed by atoms with Crippen LogP contribution in [0.4, 0.5) is 4.39 Å². The first kappa shape index (κ1) is 17.6. The van der Waals surface area contributed by atoms with Crippen molar-refractivity contribution in [1.82, 2.24) is 5.32 Å². The number of carbonyl (C=O) groups excluding carboxylic acids is 1. The number of para-hydroxylation sites is 1. The van der Waals surface area contributed by atoms with Gasteiger partial charge in [-0.05, 0) is 23.8 Å². The molecule has 0 unspecified atom stereocenters. The number of ether oxygens (including phenoxy) is 3. The third kappa shape index (κ3) is 4.62. The zero-order valence-corrected chi connectivity index (χ0v) is 13.7. The number of hydrogen-bond donors (Lipinski definition) is 1. The lowest BCUT2D eigenvalue weighted by molar-refractivity contribution is -0.120. The van der Waals surface area contributed by atoms with Crippen LogP contribution in [-0.4, -0.2) is 33.3 Å². The van der Waals surface area contributed by atoms with Gasteiger partial charge in [-0.2, -0.15) is 0 Å². The summed E-state index contributed by atoms with van der Waals surface area (Å²) < 4.78 is 29.5. The second-order valence-electron chi connectivity index (χ2n) is 4.96. The minimum absolute atomic E-state index is 0.00481. The highest BCUT2D eigenvalue weighted by atomic mass is 19.1. The van der Waals surface area contributed by atoms with Crippen LogP contribution < -0.4 is 19.5 Å². The highest BCUT2D eigenvalue weighted by Crippen LogP contribution is 2.36. The number of benzene rings is 2. The number of hydrogen-bond acceptors (Lipinski definition) is 4. The minimum atomic E-state index is -0.384. The number of amides is 1. The molecule has 1 amide bonds. The van der Waals surface area contributed by atoms with Crippen molar-refractivity contribution >= 4 is 5.91 Å². The zero-order valence-electron chi connectivity index (χ0n) is 13.7. The smallest absolute Gasteiger partial charge is 0.224 e. The van der Waals surface area contributed by atoms with Crippen molar-refractivity contribution < 1.29 is 23.4 Å². The van der Waals surface area contributed by atoms with Crippen LogP contribution >= 0.6 is 0 Å². The van der Waals surface area contributed by atoms with Crippen LogP contribution in [0.25, 0.3) is 0 Å². The molecule has 2 rings (SSSR count). The lowest BCUT2D eigenvalue weighted by Crippen LogP contribution is -2.29. The summed E-state index contributed by atoms with van der Waals surface area (Å²) in [6.07, 6.45) is -0.00481. The molecule has 0 aliphatic carbocycles. The first-order valence-electron chi connectivity index (χ1n) is 7.49. The second kappa shape index (κ2) is 8.76. The summed E-state index contributed by atoms with van der Waals surface area (Å²) in [4.78, 5) is 11.8. The summed E-state index contributed by atoms with van der Waals surface area (Å²) in [6, 6.07) is 11.5. The Hall–Kier alpha value is -2.76. The Morgan fingerprint density at radius 3 is 2.50 bits per heavy atom. The number of carbonyl (C=O) groups is 1. The minimum Gasteiger partial charge on any atom is -0.493 e. The number of nitrogens with one attached hydrogen (secondary N) is 1. The molecule has 128 valence electrons. The molecular formula is C18H20FNO4. The Labute approximate surface area is 140 Å². The maximum atomic E-state index is 13.5. The van der Waals surface area contributed by atoms with Gasteiger partial charge in [-0.25, -0.2) is 4.39 Å². The van der Waals surface area contributed by atoms with Crippen LogP contribution in [0.3, 0.4) is 0 Å². The maximum Gasteiger partial charge on any atom is 0.224 e. The molecule has 2 aromatic rings. The van der Waals surface area contributed by atoms with Gasteiger partial charge in [0.25, 0.3) is 0 Å². The van der Waals surface area contributed by atoms with Crippen LogP contribution in [0, 0.1) is 5.82 Å². The van der Waals surface area contributed by atoms with Crippen LogP contribution in [0.1, 0.15) is 5.56 Å². The summed E-state index contributed by atoms with van der Waals surface area (Å²) in [5, 5.41) is 2.69. The van der Waals surface area contributed by atoms with E-state index in [2.05, 4.69) is 5.32 Å². The third-order valence-corrected chi connectivity index (χ3v) is 3.36. The van der Waals surface area contributed by atoms with Gasteiger partial charge in [0.2, 0.25) is 11.7 Å². The molecule has 24 heavy (non-hydrogen) atoms. The van der Waals surface area contributed by atoms with E-state index in [1.165, 1.54) is 13.2 Å². The number of halogens is 1. The molecule has 0 saturated heterocycles. The fraction of sp³-hybridized carbons (Fsp3) is 0.278. The van der Waals surface area contributed by atoms with Crippen LogP contribution in [-0.2, 0) is 11.2 Å². The normalized spacial score (nSPS) is 10.1. The van der Waals surface area contributed by atoms with Gasteiger partial charge in [0, 0.05) is 0 Å². The quantitative estimate of drug-likeness (QED) is 0.755. The standard InChI is InChI=1S/C18H20FNO4/c1-22-15-8-5-9-16(18(15)23-2)24-11-10-20-17(21)12-13-6-3-4-7-14(13)19/h3-9H,10-12H2,1-2H3,(H,20,21). The van der Waals surface area contributed by atoms with Crippen molar-refractivity contribution in [3.05, 3.63) is 53.8 Å². The Balaban J connectivity index is 1.81. The Morgan fingerprint density at radius 2 is 1.79 bits per heavy atom. The van der Waals surface area contributed by atoms with Crippen molar-refractivity contribution in [1.29, 1.82) is 0 Å². The van der Waals surface area contributed by atoms with Gasteiger partial charge in [0.1, 0.15) is 12.4 Å². The fourth-order valence-electron chi connectivity index (χ4n) is 2.20. The average molecular weight is 333 g/mol. The maximum absolute atomic E-state index is 13.5. The molecule has 0 spiro atoms. The fourth-order valence-corrected chi connectivity index (χ4v) is 2.20. The van der Waals surface area contributed by atoms with Crippen LogP contribution in [0.2, 0.25) is 0 Å². The van der Waals surface area contributed by atoms with Crippen molar-refractivity contribution in [2.45, 2.75) is 6.42 Å². The number of methoxy groups -OCH3 is 2. The second-order valence-corrected chi connectivity index (χ2v) is 4.96. The average Bonchev–Trinajstić information content (AvgIpc) is 2.60. The van der Waals surface area contributed by atoms with E-state index in [1.54, 1.807) is 43.5 Å². The molecule has 5 nitrogen and oxygen atoms in total. The lowest BCUT2D eigenvalue weighted by atomic mass is 10.1. The van der Waals surface area contributed by atoms with Crippen molar-refractivity contribution in [3.8, 4) is 17.2 Å². The molecule has 0 aliphatic heterocycles. The van der Waals surface area contributed by atoms with Crippen molar-refractivity contribution in [2.75, 3.05) is 27.4 Å². The van der Waals surface area contributed by atoms with Crippen molar-refractivity contribution in [3.63, 3.8) is 0 Å². The SMILES string of the molecule is COc1cccc(OCCNC(=O)Cc2ccccc2F)c1OC. The first-order chi connectivity index (χ1) is 11.7. The molecule has 0 saturated carbocycles. The molecule has 0 bridgehead atoms. The lowest BCUT2D eigenvalue weighted by Gasteiger charge is -2.13. The largest absolute Gasteiger partial charge is 0.493 e. The van der Waals surface area contributed by atoms with E-state index in [-0.39, 0.29) is 24.8 Å². The Bertz CT molecular complexity index is 690. The molecule has 0 fully saturated rings. The molecule has 0 aromatic heterocycles. The highest BCUT2D eigenvalue weighted by Gasteiger charge is 2.11. The Kier molecular flexibility index (Phi) is 6.42. The van der Waals surface area contributed by atoms with Gasteiger partial charge in [0.15, 0.2) is 11.5 Å². The van der Waals surface area contributed by atoms with E-state index in [9.17, 15) is 9.18 Å². The van der Waals surface area contributed by atoms with Gasteiger partial charge in [-0.1, -0.05) is 24.3 Å². The Morgan fingerprint density at radius 1 is 1.04 bits per heavy atom. The molecule has 6 heteroatoms. The topological polar surface area (TPSA) is 56.8 Å². The van der Waals surface area contributed by atoms with E-state index in [0.717, 1.165) is 0 Å². The third-order valence-electron chi connectivity index (χ3n) is 3.36. The summed E-state index contributed by atoms with van der Waals surface area (Å²) in [7, 11) is 3.07. The molecule has 0 aliphatic rings. The monoisotopic (exact) mass is 333 g/mol. The van der Waals surface area contributed by atoms with E-state index < -0.39 is 0 Å². The van der Waals surface area contributed by atoms with Gasteiger partial charge in [0.05, 0.1) is 27.2 Å². The molecule has 1 N–H and O–H groups in total. The van der Waals surface area contributed by atoms with Crippen LogP contribution in [0.15, 0.2) is 42.5 Å². The van der Waals surface area contributed by atoms with E-state index in [4.69, 9.17) is 14.2 Å². The van der Waals surface area contributed by atoms with E-state index in [0.29, 0.717) is 29.4 Å². The highest BCUT2D eigenvalue weighted by molar-refractivity contribution is 5.78. The van der Waals surface area contributed by atoms with Crippen LogP contribution in [0.5, 0.6) is 17.2 Å². The molecule has 2 aromatic carbocycles. The predicted octanol–water partition coefficient (Wildman–Crippen LogP) is 2.58. The number of rotatable bonds is 8. The molecule has 0 heterocycles.